The van der Waals surface area contributed by atoms with Crippen molar-refractivity contribution in [1.29, 1.82) is 0 Å². The number of halogens is 1. The number of pyridine rings is 2. The summed E-state index contributed by atoms with van der Waals surface area (Å²) in [6.45, 7) is 0.514. The van der Waals surface area contributed by atoms with Crippen molar-refractivity contribution in [3.63, 3.8) is 0 Å². The van der Waals surface area contributed by atoms with E-state index in [4.69, 9.17) is 11.6 Å². The number of aromatic nitrogens is 3. The predicted molar refractivity (Wildman–Crippen MR) is 75.0 cm³/mol. The molecule has 0 spiro atoms. The van der Waals surface area contributed by atoms with E-state index in [1.54, 1.807) is 30.7 Å². The van der Waals surface area contributed by atoms with Gasteiger partial charge in [0.2, 0.25) is 0 Å². The highest BCUT2D eigenvalue weighted by atomic mass is 35.5. The van der Waals surface area contributed by atoms with Crippen molar-refractivity contribution < 1.29 is 9.90 Å². The summed E-state index contributed by atoms with van der Waals surface area (Å²) in [5, 5.41) is 9.65. The zero-order chi connectivity index (χ0) is 14.1. The van der Waals surface area contributed by atoms with Gasteiger partial charge < -0.3 is 9.67 Å². The van der Waals surface area contributed by atoms with E-state index >= 15 is 0 Å². The number of rotatable bonds is 3. The summed E-state index contributed by atoms with van der Waals surface area (Å²) in [7, 11) is 0. The van der Waals surface area contributed by atoms with Crippen molar-refractivity contribution in [2.45, 2.75) is 6.54 Å². The van der Waals surface area contributed by atoms with Crippen molar-refractivity contribution >= 4 is 28.6 Å². The standard InChI is InChI=1S/C14H10ClN3O2/c15-12-4-3-9(6-17-12)7-18-8-10(14(19)20)13-11(18)2-1-5-16-13/h1-6,8H,7H2,(H,19,20). The molecule has 0 aliphatic rings. The molecular formula is C14H10ClN3O2. The third-order valence-electron chi connectivity index (χ3n) is 3.01. The van der Waals surface area contributed by atoms with Crippen LogP contribution in [0, 0.1) is 0 Å². The molecule has 0 saturated carbocycles. The number of carboxylic acids is 1. The minimum Gasteiger partial charge on any atom is -0.478 e. The number of aromatic carboxylic acids is 1. The number of nitrogens with zero attached hydrogens (tertiary/aromatic N) is 3. The van der Waals surface area contributed by atoms with Crippen LogP contribution in [0.1, 0.15) is 15.9 Å². The van der Waals surface area contributed by atoms with E-state index in [9.17, 15) is 9.90 Å². The van der Waals surface area contributed by atoms with Crippen LogP contribution in [-0.4, -0.2) is 25.6 Å². The lowest BCUT2D eigenvalue weighted by molar-refractivity contribution is 0.0698. The predicted octanol–water partition coefficient (Wildman–Crippen LogP) is 2.83. The summed E-state index contributed by atoms with van der Waals surface area (Å²) in [5.41, 5.74) is 2.40. The smallest absolute Gasteiger partial charge is 0.339 e. The molecule has 3 heterocycles. The van der Waals surface area contributed by atoms with Gasteiger partial charge in [-0.15, -0.1) is 0 Å². The van der Waals surface area contributed by atoms with Gasteiger partial charge in [-0.1, -0.05) is 17.7 Å². The number of hydrogen-bond acceptors (Lipinski definition) is 3. The van der Waals surface area contributed by atoms with Crippen LogP contribution in [0.3, 0.4) is 0 Å². The first kappa shape index (κ1) is 12.6. The second-order valence-corrected chi connectivity index (χ2v) is 4.72. The lowest BCUT2D eigenvalue weighted by Gasteiger charge is -2.04. The monoisotopic (exact) mass is 287 g/mol. The Balaban J connectivity index is 2.07. The first-order valence-electron chi connectivity index (χ1n) is 5.93. The first-order chi connectivity index (χ1) is 9.65. The molecule has 6 heteroatoms. The fourth-order valence-corrected chi connectivity index (χ4v) is 2.22. The number of carbonyl (C=O) groups is 1. The van der Waals surface area contributed by atoms with Crippen molar-refractivity contribution in [2.75, 3.05) is 0 Å². The fourth-order valence-electron chi connectivity index (χ4n) is 2.11. The molecule has 0 saturated heterocycles. The highest BCUT2D eigenvalue weighted by Crippen LogP contribution is 2.20. The van der Waals surface area contributed by atoms with Crippen LogP contribution >= 0.6 is 11.6 Å². The van der Waals surface area contributed by atoms with Crippen molar-refractivity contribution in [3.05, 3.63) is 59.1 Å². The average Bonchev–Trinajstić information content (AvgIpc) is 2.81. The van der Waals surface area contributed by atoms with Crippen molar-refractivity contribution in [3.8, 4) is 0 Å². The number of hydrogen-bond donors (Lipinski definition) is 1. The summed E-state index contributed by atoms with van der Waals surface area (Å²) in [4.78, 5) is 19.4. The largest absolute Gasteiger partial charge is 0.478 e. The third-order valence-corrected chi connectivity index (χ3v) is 3.23. The maximum atomic E-state index is 11.2. The molecule has 0 radical (unpaired) electrons. The Hall–Kier alpha value is -2.40. The summed E-state index contributed by atoms with van der Waals surface area (Å²) in [6.07, 6.45) is 4.85. The zero-order valence-corrected chi connectivity index (χ0v) is 11.1. The summed E-state index contributed by atoms with van der Waals surface area (Å²) < 4.78 is 1.84. The van der Waals surface area contributed by atoms with E-state index in [1.165, 1.54) is 0 Å². The maximum absolute atomic E-state index is 11.2. The van der Waals surface area contributed by atoms with Crippen LogP contribution in [0.15, 0.2) is 42.9 Å². The molecule has 1 N–H and O–H groups in total. The molecule has 20 heavy (non-hydrogen) atoms. The highest BCUT2D eigenvalue weighted by molar-refractivity contribution is 6.29. The maximum Gasteiger partial charge on any atom is 0.339 e. The quantitative estimate of drug-likeness (QED) is 0.752. The molecule has 3 rings (SSSR count). The first-order valence-corrected chi connectivity index (χ1v) is 6.30. The molecule has 0 unspecified atom stereocenters. The SMILES string of the molecule is O=C(O)c1cn(Cc2ccc(Cl)nc2)c2cccnc12. The molecule has 100 valence electrons. The van der Waals surface area contributed by atoms with Crippen LogP contribution in [0.4, 0.5) is 0 Å². The van der Waals surface area contributed by atoms with Gasteiger partial charge in [-0.05, 0) is 23.8 Å². The normalized spacial score (nSPS) is 10.8. The van der Waals surface area contributed by atoms with E-state index in [2.05, 4.69) is 9.97 Å². The number of carboxylic acid groups (broad SMARTS) is 1. The third kappa shape index (κ3) is 2.23. The Morgan fingerprint density at radius 3 is 2.85 bits per heavy atom. The molecule has 0 atom stereocenters. The molecule has 0 bridgehead atoms. The van der Waals surface area contributed by atoms with Crippen LogP contribution in [-0.2, 0) is 6.54 Å². The summed E-state index contributed by atoms with van der Waals surface area (Å²) in [5.74, 6) is -0.985. The van der Waals surface area contributed by atoms with Crippen LogP contribution in [0.25, 0.3) is 11.0 Å². The van der Waals surface area contributed by atoms with Crippen LogP contribution < -0.4 is 0 Å². The van der Waals surface area contributed by atoms with Gasteiger partial charge in [-0.2, -0.15) is 0 Å². The lowest BCUT2D eigenvalue weighted by Crippen LogP contribution is -1.99. The lowest BCUT2D eigenvalue weighted by atomic mass is 10.2. The van der Waals surface area contributed by atoms with Crippen LogP contribution in [0.2, 0.25) is 5.15 Å². The highest BCUT2D eigenvalue weighted by Gasteiger charge is 2.15. The molecule has 3 aromatic heterocycles. The Morgan fingerprint density at radius 2 is 2.15 bits per heavy atom. The Kier molecular flexibility index (Phi) is 3.12. The van der Waals surface area contributed by atoms with E-state index < -0.39 is 5.97 Å². The minimum atomic E-state index is -0.985. The van der Waals surface area contributed by atoms with E-state index in [1.807, 2.05) is 16.7 Å². The molecule has 0 aliphatic heterocycles. The molecule has 5 nitrogen and oxygen atoms in total. The van der Waals surface area contributed by atoms with Gasteiger partial charge >= 0.3 is 5.97 Å². The topological polar surface area (TPSA) is 68.0 Å². The van der Waals surface area contributed by atoms with Gasteiger partial charge in [-0.25, -0.2) is 9.78 Å². The van der Waals surface area contributed by atoms with E-state index in [0.717, 1.165) is 11.1 Å². The molecule has 0 aromatic carbocycles. The van der Waals surface area contributed by atoms with Gasteiger partial charge in [-0.3, -0.25) is 4.98 Å². The molecule has 3 aromatic rings. The van der Waals surface area contributed by atoms with Gasteiger partial charge in [0.15, 0.2) is 0 Å². The Bertz CT molecular complexity index is 781. The second-order valence-electron chi connectivity index (χ2n) is 4.34. The molecular weight excluding hydrogens is 278 g/mol. The molecule has 0 aliphatic carbocycles. The van der Waals surface area contributed by atoms with Gasteiger partial charge in [0.25, 0.3) is 0 Å². The van der Waals surface area contributed by atoms with E-state index in [-0.39, 0.29) is 5.56 Å². The average molecular weight is 288 g/mol. The minimum absolute atomic E-state index is 0.197. The summed E-state index contributed by atoms with van der Waals surface area (Å²) in [6, 6.07) is 7.19. The van der Waals surface area contributed by atoms with Gasteiger partial charge in [0.1, 0.15) is 16.2 Å². The van der Waals surface area contributed by atoms with Gasteiger partial charge in [0, 0.05) is 25.1 Å². The molecule has 0 fully saturated rings. The van der Waals surface area contributed by atoms with Gasteiger partial charge in [0.05, 0.1) is 5.52 Å². The molecule has 0 amide bonds. The fraction of sp³-hybridized carbons (Fsp3) is 0.0714. The van der Waals surface area contributed by atoms with Crippen molar-refractivity contribution in [1.82, 2.24) is 14.5 Å². The number of fused-ring (bicyclic) bond motifs is 1. The van der Waals surface area contributed by atoms with E-state index in [0.29, 0.717) is 17.2 Å². The summed E-state index contributed by atoms with van der Waals surface area (Å²) >= 11 is 5.75. The van der Waals surface area contributed by atoms with Crippen LogP contribution in [0.5, 0.6) is 0 Å². The Morgan fingerprint density at radius 1 is 1.30 bits per heavy atom. The zero-order valence-electron chi connectivity index (χ0n) is 10.3. The second kappa shape index (κ2) is 4.94. The van der Waals surface area contributed by atoms with Crippen molar-refractivity contribution in [2.24, 2.45) is 0 Å². The Labute approximate surface area is 119 Å².